The summed E-state index contributed by atoms with van der Waals surface area (Å²) >= 11 is 5.87. The topological polar surface area (TPSA) is 39.4 Å². The average molecular weight is 224 g/mol. The summed E-state index contributed by atoms with van der Waals surface area (Å²) in [5.74, 6) is 1.10. The van der Waals surface area contributed by atoms with Gasteiger partial charge in [-0.25, -0.2) is 4.98 Å². The third-order valence-electron chi connectivity index (χ3n) is 2.59. The molecule has 0 aliphatic heterocycles. The van der Waals surface area contributed by atoms with Crippen LogP contribution in [0.3, 0.4) is 0 Å². The minimum atomic E-state index is 0.416. The molecule has 0 amide bonds. The number of imidazole rings is 1. The molecule has 1 saturated carbocycles. The molecular weight excluding hydrogens is 214 g/mol. The first-order chi connectivity index (χ1) is 7.28. The van der Waals surface area contributed by atoms with E-state index in [1.54, 1.807) is 13.3 Å². The molecule has 15 heavy (non-hydrogen) atoms. The Morgan fingerprint density at radius 1 is 1.40 bits per heavy atom. The molecule has 1 aliphatic carbocycles. The predicted molar refractivity (Wildman–Crippen MR) is 56.5 cm³/mol. The van der Waals surface area contributed by atoms with Gasteiger partial charge in [0.1, 0.15) is 5.15 Å². The molecule has 3 rings (SSSR count). The monoisotopic (exact) mass is 223 g/mol. The normalized spacial score (nSPS) is 15.9. The van der Waals surface area contributed by atoms with Crippen molar-refractivity contribution in [3.63, 3.8) is 0 Å². The van der Waals surface area contributed by atoms with Crippen LogP contribution < -0.4 is 4.74 Å². The zero-order valence-corrected chi connectivity index (χ0v) is 9.03. The minimum absolute atomic E-state index is 0.416. The third kappa shape index (κ3) is 1.45. The molecule has 0 saturated heterocycles. The molecule has 0 N–H and O–H groups in total. The summed E-state index contributed by atoms with van der Waals surface area (Å²) < 4.78 is 7.02. The molecule has 2 aromatic heterocycles. The van der Waals surface area contributed by atoms with Crippen molar-refractivity contribution in [2.24, 2.45) is 0 Å². The first-order valence-electron chi connectivity index (χ1n) is 4.87. The van der Waals surface area contributed by atoms with Crippen LogP contribution >= 0.6 is 11.6 Å². The van der Waals surface area contributed by atoms with Gasteiger partial charge in [0.25, 0.3) is 5.88 Å². The number of methoxy groups -OCH3 is 1. The van der Waals surface area contributed by atoms with Gasteiger partial charge in [-0.2, -0.15) is 4.98 Å². The van der Waals surface area contributed by atoms with Gasteiger partial charge in [-0.15, -0.1) is 0 Å². The summed E-state index contributed by atoms with van der Waals surface area (Å²) in [6.07, 6.45) is 6.21. The van der Waals surface area contributed by atoms with Gasteiger partial charge in [-0.3, -0.25) is 4.40 Å². The lowest BCUT2D eigenvalue weighted by atomic mass is 10.3. The lowest BCUT2D eigenvalue weighted by Gasteiger charge is -2.00. The van der Waals surface area contributed by atoms with Crippen LogP contribution in [0.4, 0.5) is 0 Å². The van der Waals surface area contributed by atoms with Crippen molar-refractivity contribution in [1.82, 2.24) is 14.4 Å². The highest BCUT2D eigenvalue weighted by Gasteiger charge is 2.27. The van der Waals surface area contributed by atoms with E-state index < -0.39 is 0 Å². The smallest absolute Gasteiger partial charge is 0.259 e. The van der Waals surface area contributed by atoms with Crippen molar-refractivity contribution in [3.05, 3.63) is 23.2 Å². The Morgan fingerprint density at radius 3 is 2.87 bits per heavy atom. The molecule has 2 heterocycles. The molecule has 0 aromatic carbocycles. The molecular formula is C10H10ClN3O. The van der Waals surface area contributed by atoms with E-state index in [9.17, 15) is 0 Å². The van der Waals surface area contributed by atoms with E-state index in [4.69, 9.17) is 16.3 Å². The van der Waals surface area contributed by atoms with Gasteiger partial charge in [0.05, 0.1) is 12.8 Å². The molecule has 1 aliphatic rings. The van der Waals surface area contributed by atoms with E-state index in [-0.39, 0.29) is 0 Å². The number of hydrogen-bond donors (Lipinski definition) is 0. The maximum absolute atomic E-state index is 5.87. The number of hydrogen-bond acceptors (Lipinski definition) is 3. The lowest BCUT2D eigenvalue weighted by Crippen LogP contribution is -1.93. The van der Waals surface area contributed by atoms with Crippen LogP contribution in [-0.2, 0) is 0 Å². The van der Waals surface area contributed by atoms with E-state index >= 15 is 0 Å². The highest BCUT2D eigenvalue weighted by atomic mass is 35.5. The molecule has 78 valence electrons. The Kier molecular flexibility index (Phi) is 1.85. The van der Waals surface area contributed by atoms with Crippen molar-refractivity contribution >= 4 is 17.2 Å². The maximum atomic E-state index is 5.87. The van der Waals surface area contributed by atoms with Crippen LogP contribution in [0, 0.1) is 0 Å². The summed E-state index contributed by atoms with van der Waals surface area (Å²) in [5, 5.41) is 0.416. The van der Waals surface area contributed by atoms with E-state index in [1.807, 2.05) is 10.6 Å². The number of ether oxygens (including phenoxy) is 1. The first kappa shape index (κ1) is 8.97. The van der Waals surface area contributed by atoms with Gasteiger partial charge < -0.3 is 4.74 Å². The summed E-state index contributed by atoms with van der Waals surface area (Å²) in [7, 11) is 1.57. The SMILES string of the molecule is COc1nc(Cl)cn2cc(C3CC3)nc12. The fourth-order valence-corrected chi connectivity index (χ4v) is 1.85. The molecule has 0 radical (unpaired) electrons. The quantitative estimate of drug-likeness (QED) is 0.784. The lowest BCUT2D eigenvalue weighted by molar-refractivity contribution is 0.400. The van der Waals surface area contributed by atoms with Crippen LogP contribution in [0.25, 0.3) is 5.65 Å². The summed E-state index contributed by atoms with van der Waals surface area (Å²) in [4.78, 5) is 8.58. The summed E-state index contributed by atoms with van der Waals surface area (Å²) in [6, 6.07) is 0. The standard InChI is InChI=1S/C10H10ClN3O/c1-15-10-9-12-7(6-2-3-6)4-14(9)5-8(11)13-10/h4-6H,2-3H2,1H3. The molecule has 4 nitrogen and oxygen atoms in total. The third-order valence-corrected chi connectivity index (χ3v) is 2.77. The Labute approximate surface area is 91.9 Å². The van der Waals surface area contributed by atoms with Gasteiger partial charge >= 0.3 is 0 Å². The van der Waals surface area contributed by atoms with Crippen molar-refractivity contribution in [2.45, 2.75) is 18.8 Å². The van der Waals surface area contributed by atoms with E-state index in [0.29, 0.717) is 17.0 Å². The minimum Gasteiger partial charge on any atom is -0.478 e. The second-order valence-corrected chi connectivity index (χ2v) is 4.13. The van der Waals surface area contributed by atoms with Crippen molar-refractivity contribution in [2.75, 3.05) is 7.11 Å². The highest BCUT2D eigenvalue weighted by Crippen LogP contribution is 2.39. The zero-order valence-electron chi connectivity index (χ0n) is 8.27. The molecule has 5 heteroatoms. The number of rotatable bonds is 2. The van der Waals surface area contributed by atoms with Crippen LogP contribution in [0.2, 0.25) is 5.15 Å². The molecule has 1 fully saturated rings. The van der Waals surface area contributed by atoms with Crippen molar-refractivity contribution in [1.29, 1.82) is 0 Å². The van der Waals surface area contributed by atoms with Crippen molar-refractivity contribution < 1.29 is 4.74 Å². The van der Waals surface area contributed by atoms with Crippen LogP contribution in [0.1, 0.15) is 24.5 Å². The Morgan fingerprint density at radius 2 is 2.20 bits per heavy atom. The Bertz CT molecular complexity index is 519. The summed E-state index contributed by atoms with van der Waals surface area (Å²) in [5.41, 5.74) is 1.85. The number of nitrogens with zero attached hydrogens (tertiary/aromatic N) is 3. The van der Waals surface area contributed by atoms with Gasteiger partial charge in [-0.05, 0) is 12.8 Å². The Balaban J connectivity index is 2.23. The molecule has 2 aromatic rings. The fraction of sp³-hybridized carbons (Fsp3) is 0.400. The number of halogens is 1. The van der Waals surface area contributed by atoms with Gasteiger partial charge in [0.2, 0.25) is 5.65 Å². The van der Waals surface area contributed by atoms with Gasteiger partial charge in [0, 0.05) is 18.3 Å². The second kappa shape index (κ2) is 3.10. The maximum Gasteiger partial charge on any atom is 0.259 e. The van der Waals surface area contributed by atoms with E-state index in [1.165, 1.54) is 12.8 Å². The number of aromatic nitrogens is 3. The molecule has 0 bridgehead atoms. The van der Waals surface area contributed by atoms with Gasteiger partial charge in [-0.1, -0.05) is 11.6 Å². The van der Waals surface area contributed by atoms with Crippen LogP contribution in [-0.4, -0.2) is 21.5 Å². The Hall–Kier alpha value is -1.29. The highest BCUT2D eigenvalue weighted by molar-refractivity contribution is 6.29. The average Bonchev–Trinajstić information content (AvgIpc) is 2.98. The fourth-order valence-electron chi connectivity index (χ4n) is 1.67. The molecule has 0 unspecified atom stereocenters. The largest absolute Gasteiger partial charge is 0.478 e. The van der Waals surface area contributed by atoms with E-state index in [0.717, 1.165) is 11.3 Å². The van der Waals surface area contributed by atoms with E-state index in [2.05, 4.69) is 9.97 Å². The molecule has 0 atom stereocenters. The number of fused-ring (bicyclic) bond motifs is 1. The van der Waals surface area contributed by atoms with Crippen LogP contribution in [0.15, 0.2) is 12.4 Å². The van der Waals surface area contributed by atoms with Gasteiger partial charge in [0.15, 0.2) is 0 Å². The predicted octanol–water partition coefficient (Wildman–Crippen LogP) is 2.27. The molecule has 0 spiro atoms. The van der Waals surface area contributed by atoms with Crippen LogP contribution in [0.5, 0.6) is 5.88 Å². The second-order valence-electron chi connectivity index (χ2n) is 3.74. The zero-order chi connectivity index (χ0) is 10.4. The summed E-state index contributed by atoms with van der Waals surface area (Å²) in [6.45, 7) is 0. The van der Waals surface area contributed by atoms with Crippen molar-refractivity contribution in [3.8, 4) is 5.88 Å². The first-order valence-corrected chi connectivity index (χ1v) is 5.25.